The van der Waals surface area contributed by atoms with Gasteiger partial charge in [-0.25, -0.2) is 13.4 Å². The molecule has 9 heteroatoms. The minimum atomic E-state index is -3.51. The molecule has 1 amide bonds. The number of likely N-dealkylation sites (tertiary alicyclic amines) is 1. The van der Waals surface area contributed by atoms with Crippen molar-refractivity contribution in [3.63, 3.8) is 0 Å². The molecule has 1 N–H and O–H groups in total. The molecular weight excluding hydrogens is 414 g/mol. The number of hydrogen-bond donors (Lipinski definition) is 1. The highest BCUT2D eigenvalue weighted by atomic mass is 32.2. The van der Waals surface area contributed by atoms with Crippen molar-refractivity contribution in [1.82, 2.24) is 23.9 Å². The average Bonchev–Trinajstić information content (AvgIpc) is 3.47. The monoisotopic (exact) mass is 439 g/mol. The van der Waals surface area contributed by atoms with Gasteiger partial charge in [0.1, 0.15) is 5.65 Å². The van der Waals surface area contributed by atoms with Crippen molar-refractivity contribution in [3.8, 4) is 0 Å². The Morgan fingerprint density at radius 2 is 1.97 bits per heavy atom. The number of rotatable bonds is 5. The Hall–Kier alpha value is -2.75. The lowest BCUT2D eigenvalue weighted by Crippen LogP contribution is -2.39. The maximum atomic E-state index is 13.2. The molecule has 8 nitrogen and oxygen atoms in total. The first-order chi connectivity index (χ1) is 14.9. The third kappa shape index (κ3) is 3.73. The van der Waals surface area contributed by atoms with Crippen LogP contribution in [0.15, 0.2) is 59.9 Å². The summed E-state index contributed by atoms with van der Waals surface area (Å²) in [5.74, 6) is 0.233. The van der Waals surface area contributed by atoms with E-state index in [-0.39, 0.29) is 11.9 Å². The topological polar surface area (TPSA) is 87.0 Å². The predicted octanol–water partition coefficient (Wildman–Crippen LogP) is 1.59. The number of aromatic nitrogens is 2. The summed E-state index contributed by atoms with van der Waals surface area (Å²) in [4.78, 5) is 19.1. The van der Waals surface area contributed by atoms with Gasteiger partial charge in [-0.05, 0) is 49.2 Å². The van der Waals surface area contributed by atoms with Crippen molar-refractivity contribution in [2.24, 2.45) is 5.92 Å². The van der Waals surface area contributed by atoms with Gasteiger partial charge in [-0.2, -0.15) is 4.31 Å². The minimum absolute atomic E-state index is 0.0711. The Labute approximate surface area is 181 Å². The maximum absolute atomic E-state index is 13.2. The molecule has 0 spiro atoms. The van der Waals surface area contributed by atoms with Gasteiger partial charge in [0.05, 0.1) is 10.5 Å². The molecule has 5 rings (SSSR count). The Balaban J connectivity index is 1.25. The number of nitrogens with zero attached hydrogens (tertiary/aromatic N) is 4. The normalized spacial score (nSPS) is 22.1. The van der Waals surface area contributed by atoms with E-state index in [1.54, 1.807) is 63.7 Å². The average molecular weight is 440 g/mol. The van der Waals surface area contributed by atoms with Gasteiger partial charge in [0.25, 0.3) is 5.91 Å². The van der Waals surface area contributed by atoms with Crippen molar-refractivity contribution < 1.29 is 13.2 Å². The smallest absolute Gasteiger partial charge is 0.253 e. The third-order valence-corrected chi connectivity index (χ3v) is 8.25. The lowest BCUT2D eigenvalue weighted by atomic mass is 10.1. The summed E-state index contributed by atoms with van der Waals surface area (Å²) in [5.41, 5.74) is 2.16. The largest absolute Gasteiger partial charge is 0.348 e. The van der Waals surface area contributed by atoms with E-state index >= 15 is 0 Å². The fraction of sp³-hybridized carbons (Fsp3) is 0.364. The lowest BCUT2D eigenvalue weighted by molar-refractivity contribution is 0.0950. The van der Waals surface area contributed by atoms with Gasteiger partial charge < -0.3 is 14.6 Å². The second-order valence-electron chi connectivity index (χ2n) is 8.39. The number of amides is 1. The summed E-state index contributed by atoms with van der Waals surface area (Å²) in [7, 11) is -1.47. The number of imidazole rings is 1. The van der Waals surface area contributed by atoms with Crippen LogP contribution in [0.4, 0.5) is 0 Å². The lowest BCUT2D eigenvalue weighted by Gasteiger charge is -2.23. The second kappa shape index (κ2) is 7.74. The van der Waals surface area contributed by atoms with Crippen LogP contribution in [0.2, 0.25) is 0 Å². The summed E-state index contributed by atoms with van der Waals surface area (Å²) in [6, 6.07) is 10.4. The molecular formula is C22H25N5O3S. The Kier molecular flexibility index (Phi) is 5.04. The SMILES string of the molecule is CN1C[C@@H]2CCN(S(=O)(=O)c3ccc(CNC(=O)c4ccc5nccn5c4)cc3)[C@@H]2C1. The molecule has 2 atom stereocenters. The number of sulfonamides is 1. The third-order valence-electron chi connectivity index (χ3n) is 6.31. The molecule has 0 radical (unpaired) electrons. The van der Waals surface area contributed by atoms with Crippen LogP contribution < -0.4 is 5.32 Å². The molecule has 0 aliphatic carbocycles. The number of carbonyl (C=O) groups is 1. The molecule has 31 heavy (non-hydrogen) atoms. The van der Waals surface area contributed by atoms with E-state index in [1.807, 2.05) is 7.05 Å². The number of nitrogens with one attached hydrogen (secondary N) is 1. The van der Waals surface area contributed by atoms with Gasteiger partial charge in [-0.3, -0.25) is 4.79 Å². The first-order valence-electron chi connectivity index (χ1n) is 10.4. The van der Waals surface area contributed by atoms with Crippen LogP contribution in [0.25, 0.3) is 5.65 Å². The molecule has 0 unspecified atom stereocenters. The van der Waals surface area contributed by atoms with Gasteiger partial charge >= 0.3 is 0 Å². The van der Waals surface area contributed by atoms with E-state index in [9.17, 15) is 13.2 Å². The summed E-state index contributed by atoms with van der Waals surface area (Å²) >= 11 is 0. The quantitative estimate of drug-likeness (QED) is 0.652. The zero-order chi connectivity index (χ0) is 21.6. The molecule has 2 fully saturated rings. The zero-order valence-electron chi connectivity index (χ0n) is 17.3. The van der Waals surface area contributed by atoms with E-state index in [4.69, 9.17) is 0 Å². The van der Waals surface area contributed by atoms with Crippen molar-refractivity contribution in [2.75, 3.05) is 26.7 Å². The van der Waals surface area contributed by atoms with Gasteiger partial charge in [0.2, 0.25) is 10.0 Å². The highest BCUT2D eigenvalue weighted by molar-refractivity contribution is 7.89. The second-order valence-corrected chi connectivity index (χ2v) is 10.3. The molecule has 0 bridgehead atoms. The number of pyridine rings is 1. The van der Waals surface area contributed by atoms with E-state index in [0.717, 1.165) is 30.7 Å². The summed E-state index contributed by atoms with van der Waals surface area (Å²) < 4.78 is 29.8. The van der Waals surface area contributed by atoms with Crippen LogP contribution >= 0.6 is 0 Å². The molecule has 2 saturated heterocycles. The van der Waals surface area contributed by atoms with Crippen molar-refractivity contribution in [1.29, 1.82) is 0 Å². The zero-order valence-corrected chi connectivity index (χ0v) is 18.1. The van der Waals surface area contributed by atoms with Crippen LogP contribution in [-0.4, -0.2) is 65.6 Å². The van der Waals surface area contributed by atoms with Gasteiger partial charge in [0.15, 0.2) is 0 Å². The molecule has 3 aromatic rings. The minimum Gasteiger partial charge on any atom is -0.348 e. The van der Waals surface area contributed by atoms with Crippen LogP contribution in [0.3, 0.4) is 0 Å². The maximum Gasteiger partial charge on any atom is 0.253 e. The van der Waals surface area contributed by atoms with Crippen LogP contribution in [0.5, 0.6) is 0 Å². The van der Waals surface area contributed by atoms with E-state index in [0.29, 0.717) is 29.5 Å². The predicted molar refractivity (Wildman–Crippen MR) is 116 cm³/mol. The number of fused-ring (bicyclic) bond motifs is 2. The molecule has 0 saturated carbocycles. The van der Waals surface area contributed by atoms with E-state index in [2.05, 4.69) is 15.2 Å². The van der Waals surface area contributed by atoms with Crippen molar-refractivity contribution >= 4 is 21.6 Å². The standard InChI is InChI=1S/C22H25N5O3S/c1-25-13-17-8-10-27(20(17)15-25)31(29,30)19-5-2-16(3-6-19)12-24-22(28)18-4-7-21-23-9-11-26(21)14-18/h2-7,9,11,14,17,20H,8,10,12-13,15H2,1H3,(H,24,28)/t17-,20+/m0/s1. The van der Waals surface area contributed by atoms with Crippen LogP contribution in [0, 0.1) is 5.92 Å². The molecule has 2 aromatic heterocycles. The fourth-order valence-corrected chi connectivity index (χ4v) is 6.38. The number of benzene rings is 1. The van der Waals surface area contributed by atoms with Gasteiger partial charge in [-0.1, -0.05) is 12.1 Å². The van der Waals surface area contributed by atoms with Crippen LogP contribution in [-0.2, 0) is 16.6 Å². The Bertz CT molecular complexity index is 1220. The summed E-state index contributed by atoms with van der Waals surface area (Å²) in [5, 5.41) is 2.88. The van der Waals surface area contributed by atoms with E-state index < -0.39 is 10.0 Å². The number of carbonyl (C=O) groups excluding carboxylic acids is 1. The van der Waals surface area contributed by atoms with Gasteiger partial charge in [-0.15, -0.1) is 0 Å². The molecule has 2 aliphatic heterocycles. The molecule has 1 aromatic carbocycles. The summed E-state index contributed by atoms with van der Waals surface area (Å²) in [6.07, 6.45) is 6.12. The van der Waals surface area contributed by atoms with Crippen LogP contribution in [0.1, 0.15) is 22.3 Å². The number of likely N-dealkylation sites (N-methyl/N-ethyl adjacent to an activating group) is 1. The molecule has 4 heterocycles. The summed E-state index contributed by atoms with van der Waals surface area (Å²) in [6.45, 7) is 2.66. The Morgan fingerprint density at radius 1 is 1.16 bits per heavy atom. The van der Waals surface area contributed by atoms with Crippen molar-refractivity contribution in [3.05, 3.63) is 66.1 Å². The van der Waals surface area contributed by atoms with Gasteiger partial charge in [0, 0.05) is 50.8 Å². The molecule has 2 aliphatic rings. The van der Waals surface area contributed by atoms with Crippen molar-refractivity contribution in [2.45, 2.75) is 23.9 Å². The first-order valence-corrected chi connectivity index (χ1v) is 11.9. The molecule has 162 valence electrons. The Morgan fingerprint density at radius 3 is 2.77 bits per heavy atom. The first kappa shape index (κ1) is 20.2. The fourth-order valence-electron chi connectivity index (χ4n) is 4.69. The number of hydrogen-bond acceptors (Lipinski definition) is 5. The highest BCUT2D eigenvalue weighted by Crippen LogP contribution is 2.34. The highest BCUT2D eigenvalue weighted by Gasteiger charge is 2.45. The van der Waals surface area contributed by atoms with E-state index in [1.165, 1.54) is 0 Å².